The number of amides is 1. The molecular formula is C15H27NO. The number of hydrogen-bond acceptors (Lipinski definition) is 1. The topological polar surface area (TPSA) is 20.3 Å². The second-order valence-electron chi connectivity index (χ2n) is 6.74. The van der Waals surface area contributed by atoms with Gasteiger partial charge in [-0.25, -0.2) is 0 Å². The van der Waals surface area contributed by atoms with Crippen LogP contribution in [0.1, 0.15) is 53.9 Å². The van der Waals surface area contributed by atoms with Crippen molar-refractivity contribution in [3.05, 3.63) is 0 Å². The van der Waals surface area contributed by atoms with Gasteiger partial charge in [0, 0.05) is 18.0 Å². The molecule has 2 fully saturated rings. The quantitative estimate of drug-likeness (QED) is 0.737. The monoisotopic (exact) mass is 237 g/mol. The number of nitrogens with zero attached hydrogens (tertiary/aromatic N) is 1. The molecule has 2 bridgehead atoms. The number of fused-ring (bicyclic) bond motifs is 2. The van der Waals surface area contributed by atoms with Crippen LogP contribution in [0.3, 0.4) is 0 Å². The van der Waals surface area contributed by atoms with Crippen LogP contribution in [0.5, 0.6) is 0 Å². The van der Waals surface area contributed by atoms with Gasteiger partial charge in [0.2, 0.25) is 5.91 Å². The molecule has 2 heteroatoms. The first-order chi connectivity index (χ1) is 7.93. The minimum absolute atomic E-state index is 0.176. The third-order valence-corrected chi connectivity index (χ3v) is 4.97. The average molecular weight is 237 g/mol. The third kappa shape index (κ3) is 2.11. The molecular weight excluding hydrogens is 210 g/mol. The maximum atomic E-state index is 12.6. The molecule has 1 amide bonds. The molecule has 4 atom stereocenters. The molecule has 98 valence electrons. The maximum absolute atomic E-state index is 12.6. The van der Waals surface area contributed by atoms with Crippen LogP contribution in [0.4, 0.5) is 0 Å². The molecule has 0 aromatic heterocycles. The van der Waals surface area contributed by atoms with Gasteiger partial charge in [-0.3, -0.25) is 4.79 Å². The van der Waals surface area contributed by atoms with Crippen molar-refractivity contribution in [2.45, 2.75) is 66.0 Å². The minimum Gasteiger partial charge on any atom is -0.336 e. The Balaban J connectivity index is 2.16. The van der Waals surface area contributed by atoms with Gasteiger partial charge in [0.05, 0.1) is 0 Å². The highest BCUT2D eigenvalue weighted by atomic mass is 16.2. The lowest BCUT2D eigenvalue weighted by atomic mass is 9.87. The van der Waals surface area contributed by atoms with Crippen LogP contribution in [0, 0.1) is 23.7 Å². The molecule has 1 aliphatic heterocycles. The van der Waals surface area contributed by atoms with E-state index in [-0.39, 0.29) is 5.92 Å². The number of rotatable bonds is 3. The first-order valence-corrected chi connectivity index (χ1v) is 7.25. The summed E-state index contributed by atoms with van der Waals surface area (Å²) in [5.41, 5.74) is 0. The van der Waals surface area contributed by atoms with E-state index in [0.29, 0.717) is 29.8 Å². The zero-order valence-electron chi connectivity index (χ0n) is 11.9. The summed E-state index contributed by atoms with van der Waals surface area (Å²) in [6.07, 6.45) is 3.84. The molecule has 0 aromatic carbocycles. The van der Waals surface area contributed by atoms with Crippen molar-refractivity contribution < 1.29 is 4.79 Å². The summed E-state index contributed by atoms with van der Waals surface area (Å²) in [6, 6.07) is 1.07. The van der Waals surface area contributed by atoms with Gasteiger partial charge in [-0.1, -0.05) is 34.6 Å². The molecule has 0 spiro atoms. The highest BCUT2D eigenvalue weighted by molar-refractivity contribution is 5.80. The minimum atomic E-state index is 0.176. The lowest BCUT2D eigenvalue weighted by Crippen LogP contribution is -2.50. The molecule has 17 heavy (non-hydrogen) atoms. The van der Waals surface area contributed by atoms with Crippen molar-refractivity contribution >= 4 is 5.91 Å². The van der Waals surface area contributed by atoms with E-state index in [2.05, 4.69) is 39.5 Å². The standard InChI is InChI=1S/C15H27NO/c1-9(2)11(5)15(17)16-13-7-6-12(8-13)14(16)10(3)4/h9-14H,6-8H2,1-5H3/t11-,12+,13+,14+/m0/s1. The molecule has 0 aromatic rings. The summed E-state index contributed by atoms with van der Waals surface area (Å²) in [5, 5.41) is 0. The van der Waals surface area contributed by atoms with Crippen LogP contribution in [0.15, 0.2) is 0 Å². The Kier molecular flexibility index (Phi) is 3.51. The van der Waals surface area contributed by atoms with Gasteiger partial charge in [-0.05, 0) is 37.0 Å². The SMILES string of the molecule is CC(C)[C@H](C)C(=O)N1[C@@H]2CC[C@H](C2)[C@H]1C(C)C. The van der Waals surface area contributed by atoms with E-state index in [4.69, 9.17) is 0 Å². The van der Waals surface area contributed by atoms with E-state index in [9.17, 15) is 4.79 Å². The zero-order chi connectivity index (χ0) is 12.7. The zero-order valence-corrected chi connectivity index (χ0v) is 11.9. The molecule has 0 N–H and O–H groups in total. The number of likely N-dealkylation sites (tertiary alicyclic amines) is 1. The Morgan fingerprint density at radius 1 is 1.12 bits per heavy atom. The molecule has 0 radical (unpaired) electrons. The Morgan fingerprint density at radius 2 is 1.76 bits per heavy atom. The molecule has 1 aliphatic carbocycles. The lowest BCUT2D eigenvalue weighted by molar-refractivity contribution is -0.142. The van der Waals surface area contributed by atoms with Crippen LogP contribution in [-0.2, 0) is 4.79 Å². The van der Waals surface area contributed by atoms with Gasteiger partial charge < -0.3 is 4.90 Å². The summed E-state index contributed by atoms with van der Waals surface area (Å²) in [7, 11) is 0. The van der Waals surface area contributed by atoms with Crippen molar-refractivity contribution in [1.82, 2.24) is 4.90 Å². The predicted molar refractivity (Wildman–Crippen MR) is 70.6 cm³/mol. The Hall–Kier alpha value is -0.530. The lowest BCUT2D eigenvalue weighted by Gasteiger charge is -2.40. The number of carbonyl (C=O) groups is 1. The molecule has 2 rings (SSSR count). The Labute approximate surface area is 106 Å². The van der Waals surface area contributed by atoms with Crippen LogP contribution in [0.2, 0.25) is 0 Å². The second kappa shape index (κ2) is 4.62. The van der Waals surface area contributed by atoms with Crippen molar-refractivity contribution in [3.63, 3.8) is 0 Å². The predicted octanol–water partition coefficient (Wildman–Crippen LogP) is 3.31. The van der Waals surface area contributed by atoms with Crippen molar-refractivity contribution in [1.29, 1.82) is 0 Å². The van der Waals surface area contributed by atoms with Crippen LogP contribution >= 0.6 is 0 Å². The smallest absolute Gasteiger partial charge is 0.226 e. The molecule has 2 nitrogen and oxygen atoms in total. The molecule has 0 unspecified atom stereocenters. The second-order valence-corrected chi connectivity index (χ2v) is 6.74. The van der Waals surface area contributed by atoms with E-state index in [1.165, 1.54) is 19.3 Å². The van der Waals surface area contributed by atoms with Gasteiger partial charge in [0.1, 0.15) is 0 Å². The van der Waals surface area contributed by atoms with Crippen molar-refractivity contribution in [3.8, 4) is 0 Å². The fourth-order valence-corrected chi connectivity index (χ4v) is 3.74. The Bertz CT molecular complexity index is 297. The normalized spacial score (nSPS) is 33.8. The van der Waals surface area contributed by atoms with Crippen LogP contribution in [-0.4, -0.2) is 22.9 Å². The van der Waals surface area contributed by atoms with E-state index in [1.54, 1.807) is 0 Å². The van der Waals surface area contributed by atoms with Gasteiger partial charge in [-0.2, -0.15) is 0 Å². The summed E-state index contributed by atoms with van der Waals surface area (Å²) in [4.78, 5) is 14.9. The van der Waals surface area contributed by atoms with E-state index < -0.39 is 0 Å². The highest BCUT2D eigenvalue weighted by Gasteiger charge is 2.49. The largest absolute Gasteiger partial charge is 0.336 e. The van der Waals surface area contributed by atoms with Gasteiger partial charge >= 0.3 is 0 Å². The van der Waals surface area contributed by atoms with E-state index in [0.717, 1.165) is 5.92 Å². The number of piperidine rings is 1. The first-order valence-electron chi connectivity index (χ1n) is 7.25. The number of carbonyl (C=O) groups excluding carboxylic acids is 1. The molecule has 1 heterocycles. The summed E-state index contributed by atoms with van der Waals surface area (Å²) < 4.78 is 0. The Morgan fingerprint density at radius 3 is 2.29 bits per heavy atom. The van der Waals surface area contributed by atoms with E-state index in [1.807, 2.05) is 0 Å². The fraction of sp³-hybridized carbons (Fsp3) is 0.933. The number of hydrogen-bond donors (Lipinski definition) is 0. The van der Waals surface area contributed by atoms with Crippen LogP contribution in [0.25, 0.3) is 0 Å². The third-order valence-electron chi connectivity index (χ3n) is 4.97. The highest BCUT2D eigenvalue weighted by Crippen LogP contribution is 2.45. The van der Waals surface area contributed by atoms with E-state index >= 15 is 0 Å². The molecule has 2 aliphatic rings. The average Bonchev–Trinajstić information content (AvgIpc) is 2.85. The van der Waals surface area contributed by atoms with Gasteiger partial charge in [0.25, 0.3) is 0 Å². The summed E-state index contributed by atoms with van der Waals surface area (Å²) >= 11 is 0. The first kappa shape index (κ1) is 12.9. The maximum Gasteiger partial charge on any atom is 0.226 e. The summed E-state index contributed by atoms with van der Waals surface area (Å²) in [6.45, 7) is 10.9. The van der Waals surface area contributed by atoms with Crippen molar-refractivity contribution in [2.24, 2.45) is 23.7 Å². The summed E-state index contributed by atoms with van der Waals surface area (Å²) in [5.74, 6) is 2.42. The molecule has 1 saturated heterocycles. The van der Waals surface area contributed by atoms with Crippen molar-refractivity contribution in [2.75, 3.05) is 0 Å². The van der Waals surface area contributed by atoms with Crippen LogP contribution < -0.4 is 0 Å². The molecule has 1 saturated carbocycles. The van der Waals surface area contributed by atoms with Gasteiger partial charge in [-0.15, -0.1) is 0 Å². The fourth-order valence-electron chi connectivity index (χ4n) is 3.74. The van der Waals surface area contributed by atoms with Gasteiger partial charge in [0.15, 0.2) is 0 Å².